The molecular weight excluding hydrogens is 332 g/mol. The van der Waals surface area contributed by atoms with Crippen molar-refractivity contribution in [2.45, 2.75) is 12.1 Å². The van der Waals surface area contributed by atoms with Crippen LogP contribution in [0.25, 0.3) is 0 Å². The number of rotatable bonds is 7. The smallest absolute Gasteiger partial charge is 0.345 e. The van der Waals surface area contributed by atoms with E-state index in [9.17, 15) is 9.59 Å². The Morgan fingerprint density at radius 1 is 1.38 bits per heavy atom. The summed E-state index contributed by atoms with van der Waals surface area (Å²) >= 11 is 1.29. The molecule has 2 rings (SSSR count). The first kappa shape index (κ1) is 17.7. The zero-order valence-corrected chi connectivity index (χ0v) is 14.3. The Morgan fingerprint density at radius 3 is 2.79 bits per heavy atom. The van der Waals surface area contributed by atoms with Gasteiger partial charge in [0.2, 0.25) is 5.88 Å². The minimum absolute atomic E-state index is 0.000370. The van der Waals surface area contributed by atoms with E-state index in [0.717, 1.165) is 0 Å². The first-order valence-corrected chi connectivity index (χ1v) is 8.25. The van der Waals surface area contributed by atoms with Gasteiger partial charge < -0.3 is 14.2 Å². The Bertz CT molecular complexity index is 751. The summed E-state index contributed by atoms with van der Waals surface area (Å²) in [7, 11) is 1.45. The average molecular weight is 348 g/mol. The Balaban J connectivity index is 2.52. The molecule has 0 bridgehead atoms. The fraction of sp³-hybridized carbons (Fsp3) is 0.250. The van der Waals surface area contributed by atoms with E-state index >= 15 is 0 Å². The predicted octanol–water partition coefficient (Wildman–Crippen LogP) is 2.99. The van der Waals surface area contributed by atoms with Crippen molar-refractivity contribution in [1.82, 2.24) is 9.97 Å². The van der Waals surface area contributed by atoms with Crippen molar-refractivity contribution in [2.24, 2.45) is 0 Å². The molecule has 0 atom stereocenters. The van der Waals surface area contributed by atoms with Crippen LogP contribution < -0.4 is 9.47 Å². The lowest BCUT2D eigenvalue weighted by Gasteiger charge is -2.14. The van der Waals surface area contributed by atoms with Crippen LogP contribution in [0.3, 0.4) is 0 Å². The Morgan fingerprint density at radius 2 is 2.17 bits per heavy atom. The number of aldehydes is 1. The van der Waals surface area contributed by atoms with Crippen molar-refractivity contribution in [1.29, 1.82) is 0 Å². The molecule has 0 spiro atoms. The molecule has 1 aromatic heterocycles. The van der Waals surface area contributed by atoms with E-state index in [4.69, 9.17) is 14.2 Å². The number of thioether (sulfide) groups is 1. The van der Waals surface area contributed by atoms with Crippen molar-refractivity contribution in [3.63, 3.8) is 0 Å². The highest BCUT2D eigenvalue weighted by molar-refractivity contribution is 7.98. The van der Waals surface area contributed by atoms with Gasteiger partial charge in [0.15, 0.2) is 22.9 Å². The van der Waals surface area contributed by atoms with Crippen molar-refractivity contribution in [3.05, 3.63) is 35.5 Å². The standard InChI is InChI=1S/C16H16N2O5S/c1-4-22-15(20)11-8-17-16(24-3)18-14(11)23-13-10(9-19)6-5-7-12(13)21-2/h5-9H,4H2,1-3H3. The Labute approximate surface area is 143 Å². The second-order valence-electron chi connectivity index (χ2n) is 4.39. The van der Waals surface area contributed by atoms with E-state index in [0.29, 0.717) is 17.2 Å². The van der Waals surface area contributed by atoms with Gasteiger partial charge in [-0.25, -0.2) is 9.78 Å². The largest absolute Gasteiger partial charge is 0.493 e. The van der Waals surface area contributed by atoms with Gasteiger partial charge in [-0.3, -0.25) is 4.79 Å². The molecule has 24 heavy (non-hydrogen) atoms. The number of nitrogens with zero attached hydrogens (tertiary/aromatic N) is 2. The Hall–Kier alpha value is -2.61. The number of para-hydroxylation sites is 1. The monoisotopic (exact) mass is 348 g/mol. The fourth-order valence-corrected chi connectivity index (χ4v) is 2.20. The van der Waals surface area contributed by atoms with Crippen LogP contribution in [0.1, 0.15) is 27.6 Å². The molecule has 0 N–H and O–H groups in total. The van der Waals surface area contributed by atoms with Crippen molar-refractivity contribution in [2.75, 3.05) is 20.0 Å². The third-order valence-corrected chi connectivity index (χ3v) is 3.53. The second-order valence-corrected chi connectivity index (χ2v) is 5.17. The molecule has 1 aromatic carbocycles. The van der Waals surface area contributed by atoms with E-state index in [1.54, 1.807) is 31.4 Å². The number of hydrogen-bond donors (Lipinski definition) is 0. The van der Waals surface area contributed by atoms with Gasteiger partial charge in [0.1, 0.15) is 5.56 Å². The van der Waals surface area contributed by atoms with E-state index in [1.807, 2.05) is 0 Å². The quantitative estimate of drug-likeness (QED) is 0.327. The molecule has 0 radical (unpaired) electrons. The SMILES string of the molecule is CCOC(=O)c1cnc(SC)nc1Oc1c(C=O)cccc1OC. The lowest BCUT2D eigenvalue weighted by molar-refractivity contribution is 0.0521. The molecule has 0 aliphatic heterocycles. The van der Waals surface area contributed by atoms with Crippen LogP contribution in [-0.2, 0) is 4.74 Å². The first-order valence-electron chi connectivity index (χ1n) is 7.02. The zero-order valence-electron chi connectivity index (χ0n) is 13.4. The summed E-state index contributed by atoms with van der Waals surface area (Å²) < 4.78 is 15.9. The van der Waals surface area contributed by atoms with Gasteiger partial charge in [0.05, 0.1) is 19.3 Å². The molecule has 8 heteroatoms. The molecule has 126 valence electrons. The summed E-state index contributed by atoms with van der Waals surface area (Å²) in [5.74, 6) is -0.0897. The van der Waals surface area contributed by atoms with E-state index in [-0.39, 0.29) is 29.4 Å². The minimum Gasteiger partial charge on any atom is -0.493 e. The van der Waals surface area contributed by atoms with Crippen LogP contribution in [0.5, 0.6) is 17.4 Å². The summed E-state index contributed by atoms with van der Waals surface area (Å²) in [5.41, 5.74) is 0.339. The van der Waals surface area contributed by atoms with Crippen LogP contribution in [0.2, 0.25) is 0 Å². The van der Waals surface area contributed by atoms with Crippen LogP contribution in [0.4, 0.5) is 0 Å². The van der Waals surface area contributed by atoms with Crippen molar-refractivity contribution in [3.8, 4) is 17.4 Å². The van der Waals surface area contributed by atoms with Gasteiger partial charge in [-0.05, 0) is 25.3 Å². The zero-order chi connectivity index (χ0) is 17.5. The van der Waals surface area contributed by atoms with Gasteiger partial charge in [-0.2, -0.15) is 4.98 Å². The van der Waals surface area contributed by atoms with Gasteiger partial charge >= 0.3 is 5.97 Å². The maximum Gasteiger partial charge on any atom is 0.345 e. The number of esters is 1. The summed E-state index contributed by atoms with van der Waals surface area (Å²) in [4.78, 5) is 31.6. The lowest BCUT2D eigenvalue weighted by atomic mass is 10.2. The number of carbonyl (C=O) groups is 2. The Kier molecular flexibility index (Phi) is 6.14. The van der Waals surface area contributed by atoms with E-state index in [2.05, 4.69) is 9.97 Å². The molecule has 0 unspecified atom stereocenters. The maximum absolute atomic E-state index is 12.1. The fourth-order valence-electron chi connectivity index (χ4n) is 1.87. The molecule has 0 saturated carbocycles. The number of methoxy groups -OCH3 is 1. The molecule has 0 amide bonds. The second kappa shape index (κ2) is 8.30. The summed E-state index contributed by atoms with van der Waals surface area (Å²) in [6.07, 6.45) is 3.77. The van der Waals surface area contributed by atoms with Crippen molar-refractivity contribution < 1.29 is 23.8 Å². The first-order chi connectivity index (χ1) is 11.6. The molecule has 1 heterocycles. The molecule has 0 fully saturated rings. The molecule has 0 aliphatic rings. The molecule has 2 aromatic rings. The minimum atomic E-state index is -0.609. The highest BCUT2D eigenvalue weighted by atomic mass is 32.2. The van der Waals surface area contributed by atoms with Gasteiger partial charge in [0.25, 0.3) is 0 Å². The normalized spacial score (nSPS) is 10.1. The highest BCUT2D eigenvalue weighted by Crippen LogP contribution is 2.35. The summed E-state index contributed by atoms with van der Waals surface area (Å²) in [6.45, 7) is 1.90. The number of benzene rings is 1. The van der Waals surface area contributed by atoms with Crippen LogP contribution in [-0.4, -0.2) is 42.2 Å². The third-order valence-electron chi connectivity index (χ3n) is 2.96. The maximum atomic E-state index is 12.1. The predicted molar refractivity (Wildman–Crippen MR) is 88.2 cm³/mol. The van der Waals surface area contributed by atoms with E-state index in [1.165, 1.54) is 25.1 Å². The topological polar surface area (TPSA) is 87.6 Å². The number of aromatic nitrogens is 2. The number of hydrogen-bond acceptors (Lipinski definition) is 8. The molecule has 0 aliphatic carbocycles. The molecule has 0 saturated heterocycles. The highest BCUT2D eigenvalue weighted by Gasteiger charge is 2.21. The summed E-state index contributed by atoms with van der Waals surface area (Å²) in [5, 5.41) is 0.417. The van der Waals surface area contributed by atoms with E-state index < -0.39 is 5.97 Å². The third kappa shape index (κ3) is 3.83. The van der Waals surface area contributed by atoms with Gasteiger partial charge in [0, 0.05) is 6.20 Å². The summed E-state index contributed by atoms with van der Waals surface area (Å²) in [6, 6.07) is 4.88. The molecule has 7 nitrogen and oxygen atoms in total. The van der Waals surface area contributed by atoms with Crippen LogP contribution in [0.15, 0.2) is 29.6 Å². The van der Waals surface area contributed by atoms with Crippen LogP contribution >= 0.6 is 11.8 Å². The number of carbonyl (C=O) groups excluding carboxylic acids is 2. The molecular formula is C16H16N2O5S. The van der Waals surface area contributed by atoms with Gasteiger partial charge in [-0.15, -0.1) is 0 Å². The number of ether oxygens (including phenoxy) is 3. The van der Waals surface area contributed by atoms with Gasteiger partial charge in [-0.1, -0.05) is 17.8 Å². The van der Waals surface area contributed by atoms with Crippen molar-refractivity contribution >= 4 is 24.0 Å². The lowest BCUT2D eigenvalue weighted by Crippen LogP contribution is -2.09. The van der Waals surface area contributed by atoms with Crippen LogP contribution in [0, 0.1) is 0 Å². The average Bonchev–Trinajstić information content (AvgIpc) is 2.61.